The first-order chi connectivity index (χ1) is 9.36. The van der Waals surface area contributed by atoms with Crippen molar-refractivity contribution in [1.82, 2.24) is 4.90 Å². The summed E-state index contributed by atoms with van der Waals surface area (Å²) in [6.07, 6.45) is 0.137. The van der Waals surface area contributed by atoms with Crippen molar-refractivity contribution in [2.24, 2.45) is 0 Å². The van der Waals surface area contributed by atoms with E-state index >= 15 is 0 Å². The van der Waals surface area contributed by atoms with E-state index in [0.717, 1.165) is 0 Å². The molecular formula is C13H16ClNO5. The van der Waals surface area contributed by atoms with Gasteiger partial charge in [-0.25, -0.2) is 4.79 Å². The van der Waals surface area contributed by atoms with Crippen molar-refractivity contribution >= 4 is 23.5 Å². The second kappa shape index (κ2) is 7.00. The van der Waals surface area contributed by atoms with Gasteiger partial charge in [0.25, 0.3) is 0 Å². The maximum absolute atomic E-state index is 11.4. The average molecular weight is 302 g/mol. The number of carbonyl (C=O) groups is 2. The highest BCUT2D eigenvalue weighted by atomic mass is 35.5. The van der Waals surface area contributed by atoms with E-state index in [1.807, 2.05) is 0 Å². The molecular weight excluding hydrogens is 286 g/mol. The fourth-order valence-electron chi connectivity index (χ4n) is 1.49. The monoisotopic (exact) mass is 301 g/mol. The van der Waals surface area contributed by atoms with E-state index in [4.69, 9.17) is 26.2 Å². The molecule has 0 fully saturated rings. The van der Waals surface area contributed by atoms with Gasteiger partial charge in [0.1, 0.15) is 5.56 Å². The van der Waals surface area contributed by atoms with Gasteiger partial charge < -0.3 is 19.5 Å². The third-order valence-electron chi connectivity index (χ3n) is 2.53. The number of hydrogen-bond acceptors (Lipinski definition) is 4. The third-order valence-corrected chi connectivity index (χ3v) is 2.75. The SMILES string of the molecule is COc1cc(Cl)cc(C(=O)O)c1OCCC(=O)N(C)C. The van der Waals surface area contributed by atoms with Gasteiger partial charge in [-0.05, 0) is 6.07 Å². The first kappa shape index (κ1) is 16.1. The number of hydrogen-bond donors (Lipinski definition) is 1. The maximum Gasteiger partial charge on any atom is 0.339 e. The molecule has 7 heteroatoms. The molecule has 1 N–H and O–H groups in total. The maximum atomic E-state index is 11.4. The molecule has 0 saturated carbocycles. The van der Waals surface area contributed by atoms with Crippen LogP contribution in [0.3, 0.4) is 0 Å². The molecule has 1 aromatic rings. The fraction of sp³-hybridized carbons (Fsp3) is 0.385. The van der Waals surface area contributed by atoms with E-state index in [1.165, 1.54) is 24.1 Å². The summed E-state index contributed by atoms with van der Waals surface area (Å²) in [6.45, 7) is 0.0509. The lowest BCUT2D eigenvalue weighted by Gasteiger charge is -2.15. The fourth-order valence-corrected chi connectivity index (χ4v) is 1.70. The number of amides is 1. The quantitative estimate of drug-likeness (QED) is 0.868. The minimum Gasteiger partial charge on any atom is -0.493 e. The van der Waals surface area contributed by atoms with E-state index in [-0.39, 0.29) is 41.0 Å². The van der Waals surface area contributed by atoms with Crippen LogP contribution in [0.1, 0.15) is 16.8 Å². The summed E-state index contributed by atoms with van der Waals surface area (Å²) in [5.41, 5.74) is -0.105. The van der Waals surface area contributed by atoms with E-state index in [1.54, 1.807) is 14.1 Å². The zero-order valence-electron chi connectivity index (χ0n) is 11.5. The summed E-state index contributed by atoms with van der Waals surface area (Å²) in [6, 6.07) is 2.73. The molecule has 1 aromatic carbocycles. The number of methoxy groups -OCH3 is 1. The van der Waals surface area contributed by atoms with E-state index < -0.39 is 5.97 Å². The zero-order valence-corrected chi connectivity index (χ0v) is 12.2. The lowest BCUT2D eigenvalue weighted by Crippen LogP contribution is -2.23. The molecule has 20 heavy (non-hydrogen) atoms. The van der Waals surface area contributed by atoms with Crippen LogP contribution in [0.5, 0.6) is 11.5 Å². The van der Waals surface area contributed by atoms with Crippen molar-refractivity contribution < 1.29 is 24.2 Å². The molecule has 0 saturated heterocycles. The Balaban J connectivity index is 2.92. The lowest BCUT2D eigenvalue weighted by molar-refractivity contribution is -0.129. The van der Waals surface area contributed by atoms with Gasteiger partial charge in [0.15, 0.2) is 11.5 Å². The molecule has 1 rings (SSSR count). The Kier molecular flexibility index (Phi) is 5.64. The average Bonchev–Trinajstić information content (AvgIpc) is 2.38. The van der Waals surface area contributed by atoms with Crippen molar-refractivity contribution in [3.8, 4) is 11.5 Å². The third kappa shape index (κ3) is 4.03. The van der Waals surface area contributed by atoms with Crippen LogP contribution in [-0.2, 0) is 4.79 Å². The number of carboxylic acid groups (broad SMARTS) is 1. The summed E-state index contributed by atoms with van der Waals surface area (Å²) in [7, 11) is 4.65. The Morgan fingerprint density at radius 2 is 2.00 bits per heavy atom. The molecule has 0 atom stereocenters. The normalized spacial score (nSPS) is 10.0. The summed E-state index contributed by atoms with van der Waals surface area (Å²) >= 11 is 5.81. The van der Waals surface area contributed by atoms with Crippen molar-refractivity contribution in [1.29, 1.82) is 0 Å². The zero-order chi connectivity index (χ0) is 15.3. The molecule has 0 heterocycles. The molecule has 110 valence electrons. The number of ether oxygens (including phenoxy) is 2. The van der Waals surface area contributed by atoms with Crippen molar-refractivity contribution in [3.63, 3.8) is 0 Å². The molecule has 0 aliphatic heterocycles. The molecule has 0 spiro atoms. The summed E-state index contributed by atoms with van der Waals surface area (Å²) in [5.74, 6) is -1.02. The van der Waals surface area contributed by atoms with Gasteiger partial charge in [0.2, 0.25) is 5.91 Å². The molecule has 0 radical (unpaired) electrons. The molecule has 0 aromatic heterocycles. The van der Waals surface area contributed by atoms with Gasteiger partial charge in [-0.3, -0.25) is 4.79 Å². The molecule has 6 nitrogen and oxygen atoms in total. The summed E-state index contributed by atoms with van der Waals surface area (Å²) in [5, 5.41) is 9.37. The number of halogens is 1. The second-order valence-corrected chi connectivity index (χ2v) is 4.61. The number of carbonyl (C=O) groups excluding carboxylic acids is 1. The van der Waals surface area contributed by atoms with Crippen LogP contribution in [-0.4, -0.2) is 49.7 Å². The van der Waals surface area contributed by atoms with Crippen LogP contribution in [0, 0.1) is 0 Å². The predicted molar refractivity (Wildman–Crippen MR) is 73.8 cm³/mol. The first-order valence-electron chi connectivity index (χ1n) is 5.80. The largest absolute Gasteiger partial charge is 0.493 e. The van der Waals surface area contributed by atoms with Crippen LogP contribution in [0.4, 0.5) is 0 Å². The Bertz CT molecular complexity index is 516. The summed E-state index contributed by atoms with van der Waals surface area (Å²) < 4.78 is 10.4. The highest BCUT2D eigenvalue weighted by Crippen LogP contribution is 2.34. The first-order valence-corrected chi connectivity index (χ1v) is 6.18. The van der Waals surface area contributed by atoms with Crippen molar-refractivity contribution in [2.45, 2.75) is 6.42 Å². The Hall–Kier alpha value is -1.95. The van der Waals surface area contributed by atoms with Gasteiger partial charge in [0, 0.05) is 25.2 Å². The highest BCUT2D eigenvalue weighted by molar-refractivity contribution is 6.31. The van der Waals surface area contributed by atoms with Crippen LogP contribution in [0.25, 0.3) is 0 Å². The van der Waals surface area contributed by atoms with Gasteiger partial charge >= 0.3 is 5.97 Å². The molecule has 0 unspecified atom stereocenters. The Morgan fingerprint density at radius 1 is 1.35 bits per heavy atom. The number of aromatic carboxylic acids is 1. The Labute approximate surface area is 121 Å². The molecule has 0 bridgehead atoms. The van der Waals surface area contributed by atoms with Gasteiger partial charge in [-0.1, -0.05) is 11.6 Å². The molecule has 1 amide bonds. The number of benzene rings is 1. The van der Waals surface area contributed by atoms with Crippen molar-refractivity contribution in [3.05, 3.63) is 22.7 Å². The van der Waals surface area contributed by atoms with Crippen LogP contribution >= 0.6 is 11.6 Å². The minimum absolute atomic E-state index is 0.0509. The summed E-state index contributed by atoms with van der Waals surface area (Å²) in [4.78, 5) is 24.0. The van der Waals surface area contributed by atoms with Gasteiger partial charge in [-0.15, -0.1) is 0 Å². The van der Waals surface area contributed by atoms with E-state index in [2.05, 4.69) is 0 Å². The molecule has 0 aliphatic carbocycles. The lowest BCUT2D eigenvalue weighted by atomic mass is 10.2. The predicted octanol–water partition coefficient (Wildman–Crippen LogP) is 1.90. The number of carboxylic acids is 1. The molecule has 0 aliphatic rings. The van der Waals surface area contributed by atoms with Crippen LogP contribution in [0.15, 0.2) is 12.1 Å². The second-order valence-electron chi connectivity index (χ2n) is 4.18. The van der Waals surface area contributed by atoms with Crippen LogP contribution < -0.4 is 9.47 Å². The van der Waals surface area contributed by atoms with Gasteiger partial charge in [0.05, 0.1) is 20.1 Å². The Morgan fingerprint density at radius 3 is 2.50 bits per heavy atom. The highest BCUT2D eigenvalue weighted by Gasteiger charge is 2.18. The standard InChI is InChI=1S/C13H16ClNO5/c1-15(2)11(16)4-5-20-12-9(13(17)18)6-8(14)7-10(12)19-3/h6-7H,4-5H2,1-3H3,(H,17,18). The van der Waals surface area contributed by atoms with E-state index in [0.29, 0.717) is 0 Å². The van der Waals surface area contributed by atoms with Gasteiger partial charge in [-0.2, -0.15) is 0 Å². The smallest absolute Gasteiger partial charge is 0.339 e. The minimum atomic E-state index is -1.18. The number of rotatable bonds is 6. The van der Waals surface area contributed by atoms with E-state index in [9.17, 15) is 9.59 Å². The van der Waals surface area contributed by atoms with Crippen molar-refractivity contribution in [2.75, 3.05) is 27.8 Å². The number of nitrogens with zero attached hydrogens (tertiary/aromatic N) is 1. The topological polar surface area (TPSA) is 76.1 Å². The van der Waals surface area contributed by atoms with Crippen LogP contribution in [0.2, 0.25) is 5.02 Å².